The third-order valence-corrected chi connectivity index (χ3v) is 2.85. The number of nitrogens with zero attached hydrogens (tertiary/aromatic N) is 1. The lowest BCUT2D eigenvalue weighted by atomic mass is 10.2. The van der Waals surface area contributed by atoms with E-state index in [1.807, 2.05) is 18.5 Å². The second-order valence-corrected chi connectivity index (χ2v) is 4.11. The summed E-state index contributed by atoms with van der Waals surface area (Å²) in [6, 6.07) is 6.49. The summed E-state index contributed by atoms with van der Waals surface area (Å²) in [5, 5.41) is 5.99. The van der Waals surface area contributed by atoms with E-state index in [0.29, 0.717) is 0 Å². The monoisotopic (exact) mass is 222 g/mol. The molecular formula is C11H11FN2S. The van der Waals surface area contributed by atoms with E-state index in [-0.39, 0.29) is 5.82 Å². The molecule has 2 aromatic rings. The zero-order valence-electron chi connectivity index (χ0n) is 8.33. The first kappa shape index (κ1) is 10.3. The van der Waals surface area contributed by atoms with Gasteiger partial charge in [0.25, 0.3) is 0 Å². The molecule has 0 aliphatic carbocycles. The van der Waals surface area contributed by atoms with Crippen molar-refractivity contribution in [3.8, 4) is 11.3 Å². The summed E-state index contributed by atoms with van der Waals surface area (Å²) in [4.78, 5) is 4.40. The Morgan fingerprint density at radius 3 is 3.07 bits per heavy atom. The van der Waals surface area contributed by atoms with Gasteiger partial charge in [-0.25, -0.2) is 9.37 Å². The van der Waals surface area contributed by atoms with Crippen LogP contribution in [0.5, 0.6) is 0 Å². The number of aromatic nitrogens is 1. The Balaban J connectivity index is 2.29. The van der Waals surface area contributed by atoms with Crippen LogP contribution in [0.1, 0.15) is 5.01 Å². The SMILES string of the molecule is CNCc1nc(-c2cccc(F)c2)cs1. The van der Waals surface area contributed by atoms with Crippen LogP contribution in [0.2, 0.25) is 0 Å². The molecule has 78 valence electrons. The van der Waals surface area contributed by atoms with E-state index < -0.39 is 0 Å². The van der Waals surface area contributed by atoms with E-state index in [1.54, 1.807) is 17.4 Å². The summed E-state index contributed by atoms with van der Waals surface area (Å²) in [6.45, 7) is 0.750. The minimum absolute atomic E-state index is 0.226. The lowest BCUT2D eigenvalue weighted by molar-refractivity contribution is 0.628. The Bertz CT molecular complexity index is 453. The molecule has 0 aliphatic rings. The van der Waals surface area contributed by atoms with Gasteiger partial charge in [-0.05, 0) is 19.2 Å². The van der Waals surface area contributed by atoms with Crippen molar-refractivity contribution < 1.29 is 4.39 Å². The fourth-order valence-corrected chi connectivity index (χ4v) is 2.14. The Hall–Kier alpha value is -1.26. The standard InChI is InChI=1S/C11H11FN2S/c1-13-6-11-14-10(7-15-11)8-3-2-4-9(12)5-8/h2-5,7,13H,6H2,1H3. The highest BCUT2D eigenvalue weighted by atomic mass is 32.1. The molecule has 1 heterocycles. The van der Waals surface area contributed by atoms with Gasteiger partial charge in [0.2, 0.25) is 0 Å². The Morgan fingerprint density at radius 2 is 2.33 bits per heavy atom. The number of rotatable bonds is 3. The van der Waals surface area contributed by atoms with Gasteiger partial charge in [0.1, 0.15) is 10.8 Å². The van der Waals surface area contributed by atoms with Gasteiger partial charge in [0, 0.05) is 17.5 Å². The highest BCUT2D eigenvalue weighted by Gasteiger charge is 2.04. The largest absolute Gasteiger partial charge is 0.314 e. The summed E-state index contributed by atoms with van der Waals surface area (Å²) < 4.78 is 13.0. The average molecular weight is 222 g/mol. The van der Waals surface area contributed by atoms with Crippen molar-refractivity contribution in [3.05, 3.63) is 40.5 Å². The summed E-state index contributed by atoms with van der Waals surface area (Å²) >= 11 is 1.58. The van der Waals surface area contributed by atoms with Gasteiger partial charge in [-0.15, -0.1) is 11.3 Å². The number of benzene rings is 1. The Labute approximate surface area is 91.8 Å². The zero-order valence-corrected chi connectivity index (χ0v) is 9.14. The van der Waals surface area contributed by atoms with Crippen LogP contribution in [-0.2, 0) is 6.54 Å². The van der Waals surface area contributed by atoms with Crippen LogP contribution >= 0.6 is 11.3 Å². The predicted octanol–water partition coefficient (Wildman–Crippen LogP) is 2.67. The molecule has 0 saturated carbocycles. The summed E-state index contributed by atoms with van der Waals surface area (Å²) in [6.07, 6.45) is 0. The quantitative estimate of drug-likeness (QED) is 0.863. The normalized spacial score (nSPS) is 10.5. The lowest BCUT2D eigenvalue weighted by Gasteiger charge is -1.96. The molecule has 0 saturated heterocycles. The van der Waals surface area contributed by atoms with Crippen LogP contribution in [0.4, 0.5) is 4.39 Å². The van der Waals surface area contributed by atoms with Crippen molar-refractivity contribution in [2.24, 2.45) is 0 Å². The molecule has 1 aromatic heterocycles. The molecule has 2 nitrogen and oxygen atoms in total. The number of halogens is 1. The third-order valence-electron chi connectivity index (χ3n) is 2.00. The first-order chi connectivity index (χ1) is 7.29. The summed E-state index contributed by atoms with van der Waals surface area (Å²) in [7, 11) is 1.88. The molecule has 1 N–H and O–H groups in total. The zero-order chi connectivity index (χ0) is 10.7. The number of hydrogen-bond acceptors (Lipinski definition) is 3. The van der Waals surface area contributed by atoms with Gasteiger partial charge in [-0.3, -0.25) is 0 Å². The second kappa shape index (κ2) is 4.51. The first-order valence-corrected chi connectivity index (χ1v) is 5.52. The highest BCUT2D eigenvalue weighted by molar-refractivity contribution is 7.09. The van der Waals surface area contributed by atoms with E-state index >= 15 is 0 Å². The van der Waals surface area contributed by atoms with Crippen LogP contribution < -0.4 is 5.32 Å². The lowest BCUT2D eigenvalue weighted by Crippen LogP contribution is -2.04. The van der Waals surface area contributed by atoms with E-state index in [9.17, 15) is 4.39 Å². The number of nitrogens with one attached hydrogen (secondary N) is 1. The van der Waals surface area contributed by atoms with Crippen LogP contribution in [-0.4, -0.2) is 12.0 Å². The first-order valence-electron chi connectivity index (χ1n) is 4.64. The molecule has 0 aliphatic heterocycles. The fourth-order valence-electron chi connectivity index (χ4n) is 1.32. The van der Waals surface area contributed by atoms with Gasteiger partial charge >= 0.3 is 0 Å². The van der Waals surface area contributed by atoms with Crippen molar-refractivity contribution in [3.63, 3.8) is 0 Å². The van der Waals surface area contributed by atoms with E-state index in [0.717, 1.165) is 22.8 Å². The Morgan fingerprint density at radius 1 is 1.47 bits per heavy atom. The second-order valence-electron chi connectivity index (χ2n) is 3.17. The van der Waals surface area contributed by atoms with Crippen molar-refractivity contribution in [2.45, 2.75) is 6.54 Å². The van der Waals surface area contributed by atoms with Crippen LogP contribution in [0.15, 0.2) is 29.6 Å². The summed E-state index contributed by atoms with van der Waals surface area (Å²) in [5.41, 5.74) is 1.67. The van der Waals surface area contributed by atoms with Crippen LogP contribution in [0.3, 0.4) is 0 Å². The molecule has 0 amide bonds. The average Bonchev–Trinajstić information content (AvgIpc) is 2.67. The minimum atomic E-state index is -0.226. The topological polar surface area (TPSA) is 24.9 Å². The molecular weight excluding hydrogens is 211 g/mol. The molecule has 0 unspecified atom stereocenters. The van der Waals surface area contributed by atoms with Gasteiger partial charge in [-0.1, -0.05) is 12.1 Å². The molecule has 4 heteroatoms. The fraction of sp³-hybridized carbons (Fsp3) is 0.182. The number of hydrogen-bond donors (Lipinski definition) is 1. The molecule has 0 bridgehead atoms. The number of thiazole rings is 1. The van der Waals surface area contributed by atoms with Crippen LogP contribution in [0, 0.1) is 5.82 Å². The maximum atomic E-state index is 13.0. The van der Waals surface area contributed by atoms with Gasteiger partial charge in [-0.2, -0.15) is 0 Å². The van der Waals surface area contributed by atoms with Crippen molar-refractivity contribution in [2.75, 3.05) is 7.05 Å². The predicted molar refractivity (Wildman–Crippen MR) is 60.3 cm³/mol. The maximum Gasteiger partial charge on any atom is 0.123 e. The van der Waals surface area contributed by atoms with E-state index in [2.05, 4.69) is 10.3 Å². The highest BCUT2D eigenvalue weighted by Crippen LogP contribution is 2.22. The van der Waals surface area contributed by atoms with Gasteiger partial charge in [0.05, 0.1) is 5.69 Å². The van der Waals surface area contributed by atoms with Gasteiger partial charge < -0.3 is 5.32 Å². The van der Waals surface area contributed by atoms with Crippen molar-refractivity contribution >= 4 is 11.3 Å². The Kier molecular flexibility index (Phi) is 3.08. The summed E-state index contributed by atoms with van der Waals surface area (Å²) in [5.74, 6) is -0.226. The van der Waals surface area contributed by atoms with E-state index in [1.165, 1.54) is 12.1 Å². The molecule has 2 rings (SSSR count). The molecule has 0 fully saturated rings. The maximum absolute atomic E-state index is 13.0. The van der Waals surface area contributed by atoms with Crippen LogP contribution in [0.25, 0.3) is 11.3 Å². The minimum Gasteiger partial charge on any atom is -0.314 e. The molecule has 0 spiro atoms. The molecule has 0 radical (unpaired) electrons. The molecule has 15 heavy (non-hydrogen) atoms. The van der Waals surface area contributed by atoms with Crippen molar-refractivity contribution in [1.82, 2.24) is 10.3 Å². The smallest absolute Gasteiger partial charge is 0.123 e. The van der Waals surface area contributed by atoms with Gasteiger partial charge in [0.15, 0.2) is 0 Å². The molecule has 1 aromatic carbocycles. The van der Waals surface area contributed by atoms with E-state index in [4.69, 9.17) is 0 Å². The molecule has 0 atom stereocenters. The third kappa shape index (κ3) is 2.40. The van der Waals surface area contributed by atoms with Crippen molar-refractivity contribution in [1.29, 1.82) is 0 Å².